The molecule has 2 heterocycles. The lowest BCUT2D eigenvalue weighted by Gasteiger charge is -2.37. The molecule has 1 unspecified atom stereocenters. The normalized spacial score (nSPS) is 26.8. The highest BCUT2D eigenvalue weighted by molar-refractivity contribution is 5.99. The number of carbonyl (C=O) groups is 5. The summed E-state index contributed by atoms with van der Waals surface area (Å²) in [6, 6.07) is -3.59. The zero-order valence-electron chi connectivity index (χ0n) is 23.4. The van der Waals surface area contributed by atoms with Gasteiger partial charge in [0, 0.05) is 19.0 Å². The molecule has 0 aromatic carbocycles. The molecule has 3 rings (SSSR count). The molecule has 4 amide bonds. The fourth-order valence-corrected chi connectivity index (χ4v) is 6.24. The van der Waals surface area contributed by atoms with Crippen LogP contribution in [-0.4, -0.2) is 71.7 Å². The van der Waals surface area contributed by atoms with Crippen molar-refractivity contribution >= 4 is 29.4 Å². The van der Waals surface area contributed by atoms with Crippen molar-refractivity contribution in [3.05, 3.63) is 12.7 Å². The van der Waals surface area contributed by atoms with Crippen LogP contribution in [0.4, 0.5) is 13.2 Å². The lowest BCUT2D eigenvalue weighted by atomic mass is 9.77. The summed E-state index contributed by atoms with van der Waals surface area (Å²) >= 11 is 0. The molecule has 0 spiro atoms. The van der Waals surface area contributed by atoms with Crippen molar-refractivity contribution in [2.24, 2.45) is 23.2 Å². The first-order valence-corrected chi connectivity index (χ1v) is 14.1. The second kappa shape index (κ2) is 12.7. The summed E-state index contributed by atoms with van der Waals surface area (Å²) in [6.07, 6.45) is 0.572. The molecule has 2 saturated heterocycles. The van der Waals surface area contributed by atoms with E-state index in [1.807, 2.05) is 12.2 Å². The van der Waals surface area contributed by atoms with Gasteiger partial charge in [0.25, 0.3) is 0 Å². The van der Waals surface area contributed by atoms with Gasteiger partial charge in [-0.2, -0.15) is 13.2 Å². The fourth-order valence-electron chi connectivity index (χ4n) is 6.24. The molecule has 0 aromatic heterocycles. The Kier molecular flexibility index (Phi) is 10.1. The number of likely N-dealkylation sites (tertiary alicyclic amines) is 1. The van der Waals surface area contributed by atoms with Crippen LogP contribution in [0.3, 0.4) is 0 Å². The van der Waals surface area contributed by atoms with E-state index in [1.165, 1.54) is 4.90 Å². The number of carbonyl (C=O) groups excluding carboxylic acids is 5. The minimum atomic E-state index is -5.16. The second-order valence-electron chi connectivity index (χ2n) is 12.0. The third-order valence-corrected chi connectivity index (χ3v) is 9.00. The minimum Gasteiger partial charge on any atom is -0.356 e. The molecule has 12 heteroatoms. The Morgan fingerprint density at radius 2 is 1.75 bits per heavy atom. The Bertz CT molecular complexity index is 1010. The van der Waals surface area contributed by atoms with Crippen LogP contribution >= 0.6 is 0 Å². The first-order valence-electron chi connectivity index (χ1n) is 14.1. The third kappa shape index (κ3) is 7.04. The number of amides is 4. The highest BCUT2D eigenvalue weighted by Gasteiger charge is 2.54. The maximum Gasteiger partial charge on any atom is 0.471 e. The van der Waals surface area contributed by atoms with E-state index in [4.69, 9.17) is 0 Å². The Labute approximate surface area is 233 Å². The number of rotatable bonds is 9. The van der Waals surface area contributed by atoms with Crippen LogP contribution in [-0.2, 0) is 24.0 Å². The standard InChI is InChI=1S/C28H41F3N4O5/c1-5-20(36)19(14-18-12-9-13-32-23(18)37)33-24(38)22-27(3,4)16(2)15-35(22)25(39)21(17-10-7-6-8-11-17)34-26(40)28(29,30)31/h5,16-19,21-22H,1,6-15H2,2-4H3,(H,32,37)(H,33,38)(H,34,40)/t16-,18+,19+,21?,22-/m1/s1. The van der Waals surface area contributed by atoms with Gasteiger partial charge in [-0.3, -0.25) is 24.0 Å². The molecular formula is C28H41F3N4O5. The smallest absolute Gasteiger partial charge is 0.356 e. The van der Waals surface area contributed by atoms with Crippen molar-refractivity contribution in [3.8, 4) is 0 Å². The summed E-state index contributed by atoms with van der Waals surface area (Å²) in [5.74, 6) is -5.43. The summed E-state index contributed by atoms with van der Waals surface area (Å²) in [6.45, 7) is 9.57. The number of nitrogens with zero attached hydrogens (tertiary/aromatic N) is 1. The zero-order valence-corrected chi connectivity index (χ0v) is 23.4. The average Bonchev–Trinajstić information content (AvgIpc) is 3.15. The lowest BCUT2D eigenvalue weighted by Crippen LogP contribution is -2.60. The minimum absolute atomic E-state index is 0.0609. The highest BCUT2D eigenvalue weighted by Crippen LogP contribution is 2.42. The van der Waals surface area contributed by atoms with Crippen molar-refractivity contribution < 1.29 is 37.1 Å². The van der Waals surface area contributed by atoms with Crippen molar-refractivity contribution in [1.82, 2.24) is 20.9 Å². The number of hydrogen-bond donors (Lipinski definition) is 3. The summed E-state index contributed by atoms with van der Waals surface area (Å²) in [4.78, 5) is 66.0. The van der Waals surface area contributed by atoms with Gasteiger partial charge in [0.1, 0.15) is 12.1 Å². The molecule has 40 heavy (non-hydrogen) atoms. The van der Waals surface area contributed by atoms with Crippen LogP contribution in [0.2, 0.25) is 0 Å². The lowest BCUT2D eigenvalue weighted by molar-refractivity contribution is -0.176. The topological polar surface area (TPSA) is 125 Å². The maximum atomic E-state index is 13.9. The summed E-state index contributed by atoms with van der Waals surface area (Å²) in [5, 5.41) is 7.41. The van der Waals surface area contributed by atoms with E-state index >= 15 is 0 Å². The summed E-state index contributed by atoms with van der Waals surface area (Å²) in [5.41, 5.74) is -0.797. The van der Waals surface area contributed by atoms with Crippen LogP contribution in [0, 0.1) is 23.2 Å². The molecule has 0 radical (unpaired) electrons. The van der Waals surface area contributed by atoms with Crippen LogP contribution in [0.1, 0.15) is 72.1 Å². The molecule has 1 aliphatic carbocycles. The van der Waals surface area contributed by atoms with Crippen molar-refractivity contribution in [1.29, 1.82) is 0 Å². The molecule has 9 nitrogen and oxygen atoms in total. The molecule has 0 bridgehead atoms. The maximum absolute atomic E-state index is 13.9. The molecule has 1 saturated carbocycles. The van der Waals surface area contributed by atoms with Crippen molar-refractivity contribution in [2.75, 3.05) is 13.1 Å². The largest absolute Gasteiger partial charge is 0.471 e. The first-order chi connectivity index (χ1) is 18.7. The van der Waals surface area contributed by atoms with Gasteiger partial charge in [-0.1, -0.05) is 46.6 Å². The number of piperidine rings is 1. The van der Waals surface area contributed by atoms with Crippen LogP contribution in [0.5, 0.6) is 0 Å². The third-order valence-electron chi connectivity index (χ3n) is 9.00. The Morgan fingerprint density at radius 1 is 1.10 bits per heavy atom. The molecule has 3 aliphatic rings. The average molecular weight is 571 g/mol. The van der Waals surface area contributed by atoms with Gasteiger partial charge in [-0.25, -0.2) is 0 Å². The number of halogens is 3. The molecule has 0 aromatic rings. The van der Waals surface area contributed by atoms with Crippen molar-refractivity contribution in [2.45, 2.75) is 96.4 Å². The Morgan fingerprint density at radius 3 is 2.33 bits per heavy atom. The van der Waals surface area contributed by atoms with Crippen LogP contribution in [0.15, 0.2) is 12.7 Å². The van der Waals surface area contributed by atoms with Gasteiger partial charge >= 0.3 is 12.1 Å². The van der Waals surface area contributed by atoms with Gasteiger partial charge in [0.2, 0.25) is 17.7 Å². The fraction of sp³-hybridized carbons (Fsp3) is 0.750. The van der Waals surface area contributed by atoms with Gasteiger partial charge < -0.3 is 20.9 Å². The van der Waals surface area contributed by atoms with E-state index in [-0.39, 0.29) is 24.8 Å². The van der Waals surface area contributed by atoms with E-state index in [1.54, 1.807) is 13.8 Å². The SMILES string of the molecule is C=CC(=O)[C@H](C[C@@H]1CCCNC1=O)NC(=O)[C@H]1N(C(=O)C(NC(=O)C(F)(F)F)C2CCCCC2)C[C@@H](C)C1(C)C. The summed E-state index contributed by atoms with van der Waals surface area (Å²) in [7, 11) is 0. The second-order valence-corrected chi connectivity index (χ2v) is 12.0. The van der Waals surface area contributed by atoms with Gasteiger partial charge in [-0.15, -0.1) is 0 Å². The highest BCUT2D eigenvalue weighted by atomic mass is 19.4. The molecule has 3 N–H and O–H groups in total. The Hall–Kier alpha value is -2.92. The number of hydrogen-bond acceptors (Lipinski definition) is 5. The van der Waals surface area contributed by atoms with Gasteiger partial charge in [0.15, 0.2) is 5.78 Å². The van der Waals surface area contributed by atoms with E-state index in [2.05, 4.69) is 17.2 Å². The number of alkyl halides is 3. The number of nitrogens with one attached hydrogen (secondary N) is 3. The van der Waals surface area contributed by atoms with Crippen molar-refractivity contribution in [3.63, 3.8) is 0 Å². The van der Waals surface area contributed by atoms with Gasteiger partial charge in [0.05, 0.1) is 6.04 Å². The predicted molar refractivity (Wildman–Crippen MR) is 140 cm³/mol. The summed E-state index contributed by atoms with van der Waals surface area (Å²) < 4.78 is 39.6. The van der Waals surface area contributed by atoms with E-state index in [0.29, 0.717) is 25.8 Å². The first kappa shape index (κ1) is 31.6. The van der Waals surface area contributed by atoms with E-state index in [0.717, 1.165) is 31.8 Å². The van der Waals surface area contributed by atoms with Crippen LogP contribution < -0.4 is 16.0 Å². The molecule has 5 atom stereocenters. The van der Waals surface area contributed by atoms with Gasteiger partial charge in [-0.05, 0) is 55.4 Å². The van der Waals surface area contributed by atoms with E-state index < -0.39 is 65.1 Å². The number of ketones is 1. The molecule has 2 aliphatic heterocycles. The quantitative estimate of drug-likeness (QED) is 0.368. The Balaban J connectivity index is 1.88. The van der Waals surface area contributed by atoms with Crippen LogP contribution in [0.25, 0.3) is 0 Å². The predicted octanol–water partition coefficient (Wildman–Crippen LogP) is 2.64. The monoisotopic (exact) mass is 570 g/mol. The molecule has 224 valence electrons. The zero-order chi connectivity index (χ0) is 29.8. The molecular weight excluding hydrogens is 529 g/mol. The molecule has 3 fully saturated rings. The van der Waals surface area contributed by atoms with E-state index in [9.17, 15) is 37.1 Å².